The number of carboxylic acids is 1. The Kier molecular flexibility index (Phi) is 4.61. The number of amides is 2. The van der Waals surface area contributed by atoms with Crippen molar-refractivity contribution in [2.45, 2.75) is 19.9 Å². The Balaban J connectivity index is 1.88. The Morgan fingerprint density at radius 3 is 2.71 bits per heavy atom. The zero-order chi connectivity index (χ0) is 15.2. The highest BCUT2D eigenvalue weighted by atomic mass is 16.4. The van der Waals surface area contributed by atoms with Crippen molar-refractivity contribution < 1.29 is 19.1 Å². The van der Waals surface area contributed by atoms with E-state index >= 15 is 0 Å². The van der Waals surface area contributed by atoms with Gasteiger partial charge in [-0.3, -0.25) is 4.79 Å². The van der Waals surface area contributed by atoms with Gasteiger partial charge in [0.2, 0.25) is 0 Å². The summed E-state index contributed by atoms with van der Waals surface area (Å²) in [5, 5.41) is 14.1. The van der Waals surface area contributed by atoms with Gasteiger partial charge in [-0.2, -0.15) is 0 Å². The maximum atomic E-state index is 11.7. The minimum Gasteiger partial charge on any atom is -0.481 e. The van der Waals surface area contributed by atoms with E-state index in [0.717, 1.165) is 5.76 Å². The molecule has 110 valence electrons. The average Bonchev–Trinajstić information content (AvgIpc) is 2.82. The summed E-state index contributed by atoms with van der Waals surface area (Å²) >= 11 is 0. The van der Waals surface area contributed by atoms with E-state index in [0.29, 0.717) is 17.0 Å². The molecule has 0 aliphatic heterocycles. The van der Waals surface area contributed by atoms with E-state index in [1.54, 1.807) is 30.3 Å². The third kappa shape index (κ3) is 4.68. The summed E-state index contributed by atoms with van der Waals surface area (Å²) in [6.45, 7) is 2.12. The number of urea groups is 1. The van der Waals surface area contributed by atoms with Crippen LogP contribution >= 0.6 is 0 Å². The average molecular weight is 288 g/mol. The molecular weight excluding hydrogens is 272 g/mol. The van der Waals surface area contributed by atoms with Crippen LogP contribution in [0.4, 0.5) is 10.5 Å². The molecule has 0 radical (unpaired) electrons. The van der Waals surface area contributed by atoms with Crippen LogP contribution in [0.3, 0.4) is 0 Å². The van der Waals surface area contributed by atoms with Crippen molar-refractivity contribution in [2.75, 3.05) is 5.32 Å². The number of hydrogen-bond acceptors (Lipinski definition) is 3. The molecule has 1 aromatic heterocycles. The number of carbonyl (C=O) groups is 2. The van der Waals surface area contributed by atoms with Gasteiger partial charge in [-0.25, -0.2) is 4.79 Å². The normalized spacial score (nSPS) is 10.1. The topological polar surface area (TPSA) is 91.6 Å². The van der Waals surface area contributed by atoms with E-state index in [1.165, 1.54) is 0 Å². The Morgan fingerprint density at radius 1 is 1.24 bits per heavy atom. The van der Waals surface area contributed by atoms with Crippen LogP contribution in [0.25, 0.3) is 0 Å². The largest absolute Gasteiger partial charge is 0.481 e. The van der Waals surface area contributed by atoms with Crippen LogP contribution in [0.1, 0.15) is 17.1 Å². The molecule has 2 aromatic rings. The minimum atomic E-state index is -0.912. The third-order valence-electron chi connectivity index (χ3n) is 2.76. The molecule has 1 heterocycles. The summed E-state index contributed by atoms with van der Waals surface area (Å²) in [7, 11) is 0. The van der Waals surface area contributed by atoms with Crippen molar-refractivity contribution in [3.63, 3.8) is 0 Å². The van der Waals surface area contributed by atoms with E-state index in [9.17, 15) is 9.59 Å². The first-order chi connectivity index (χ1) is 10.0. The predicted molar refractivity (Wildman–Crippen MR) is 77.1 cm³/mol. The Bertz CT molecular complexity index is 649. The molecule has 3 N–H and O–H groups in total. The standard InChI is InChI=1S/C15H16N2O4/c1-10-5-6-13(21-10)9-16-15(20)17-12-4-2-3-11(7-12)8-14(18)19/h2-7H,8-9H2,1H3,(H,18,19)(H2,16,17,20). The lowest BCUT2D eigenvalue weighted by Crippen LogP contribution is -2.28. The van der Waals surface area contributed by atoms with Crippen molar-refractivity contribution >= 4 is 17.7 Å². The molecule has 0 atom stereocenters. The molecule has 2 rings (SSSR count). The van der Waals surface area contributed by atoms with Crippen molar-refractivity contribution in [3.05, 3.63) is 53.5 Å². The SMILES string of the molecule is Cc1ccc(CNC(=O)Nc2cccc(CC(=O)O)c2)o1. The number of rotatable bonds is 5. The second-order valence-electron chi connectivity index (χ2n) is 4.59. The lowest BCUT2D eigenvalue weighted by Gasteiger charge is -2.07. The van der Waals surface area contributed by atoms with Crippen LogP contribution in [0, 0.1) is 6.92 Å². The summed E-state index contributed by atoms with van der Waals surface area (Å²) in [6, 6.07) is 9.96. The van der Waals surface area contributed by atoms with Crippen LogP contribution in [-0.2, 0) is 17.8 Å². The van der Waals surface area contributed by atoms with Crippen LogP contribution in [0.2, 0.25) is 0 Å². The molecule has 0 aliphatic rings. The molecule has 0 fully saturated rings. The fourth-order valence-electron chi connectivity index (χ4n) is 1.86. The fourth-order valence-corrected chi connectivity index (χ4v) is 1.86. The molecule has 21 heavy (non-hydrogen) atoms. The highest BCUT2D eigenvalue weighted by Gasteiger charge is 2.06. The van der Waals surface area contributed by atoms with Gasteiger partial charge in [-0.05, 0) is 36.8 Å². The van der Waals surface area contributed by atoms with E-state index in [1.807, 2.05) is 13.0 Å². The van der Waals surface area contributed by atoms with Crippen molar-refractivity contribution in [1.82, 2.24) is 5.32 Å². The van der Waals surface area contributed by atoms with Gasteiger partial charge in [0.25, 0.3) is 0 Å². The molecule has 0 saturated heterocycles. The lowest BCUT2D eigenvalue weighted by molar-refractivity contribution is -0.136. The van der Waals surface area contributed by atoms with E-state index in [-0.39, 0.29) is 19.0 Å². The first-order valence-corrected chi connectivity index (χ1v) is 6.44. The van der Waals surface area contributed by atoms with Gasteiger partial charge in [0, 0.05) is 5.69 Å². The second kappa shape index (κ2) is 6.60. The van der Waals surface area contributed by atoms with Crippen LogP contribution in [0.15, 0.2) is 40.8 Å². The number of carbonyl (C=O) groups excluding carboxylic acids is 1. The summed E-state index contributed by atoms with van der Waals surface area (Å²) in [5.74, 6) is 0.542. The maximum absolute atomic E-state index is 11.7. The highest BCUT2D eigenvalue weighted by Crippen LogP contribution is 2.11. The quantitative estimate of drug-likeness (QED) is 0.788. The van der Waals surface area contributed by atoms with Crippen LogP contribution < -0.4 is 10.6 Å². The first kappa shape index (κ1) is 14.6. The Hall–Kier alpha value is -2.76. The zero-order valence-electron chi connectivity index (χ0n) is 11.6. The molecule has 0 spiro atoms. The van der Waals surface area contributed by atoms with E-state index in [2.05, 4.69) is 10.6 Å². The van der Waals surface area contributed by atoms with E-state index < -0.39 is 5.97 Å². The number of nitrogens with one attached hydrogen (secondary N) is 2. The van der Waals surface area contributed by atoms with Gasteiger partial charge in [0.1, 0.15) is 11.5 Å². The molecule has 1 aromatic carbocycles. The number of carboxylic acid groups (broad SMARTS) is 1. The molecule has 0 bridgehead atoms. The zero-order valence-corrected chi connectivity index (χ0v) is 11.6. The van der Waals surface area contributed by atoms with Crippen molar-refractivity contribution in [2.24, 2.45) is 0 Å². The molecule has 0 aliphatic carbocycles. The summed E-state index contributed by atoms with van der Waals surface area (Å²) in [5.41, 5.74) is 1.17. The molecule has 0 unspecified atom stereocenters. The number of benzene rings is 1. The Labute approximate surface area is 121 Å². The fraction of sp³-hybridized carbons (Fsp3) is 0.200. The second-order valence-corrected chi connectivity index (χ2v) is 4.59. The number of hydrogen-bond donors (Lipinski definition) is 3. The van der Waals surface area contributed by atoms with Gasteiger partial charge in [0.05, 0.1) is 13.0 Å². The molecule has 6 heteroatoms. The van der Waals surface area contributed by atoms with E-state index in [4.69, 9.17) is 9.52 Å². The summed E-state index contributed by atoms with van der Waals surface area (Å²) in [6.07, 6.45) is -0.0805. The summed E-state index contributed by atoms with van der Waals surface area (Å²) < 4.78 is 5.34. The van der Waals surface area contributed by atoms with Gasteiger partial charge < -0.3 is 20.2 Å². The minimum absolute atomic E-state index is 0.0805. The van der Waals surface area contributed by atoms with Gasteiger partial charge >= 0.3 is 12.0 Å². The Morgan fingerprint density at radius 2 is 2.05 bits per heavy atom. The first-order valence-electron chi connectivity index (χ1n) is 6.44. The van der Waals surface area contributed by atoms with Gasteiger partial charge in [0.15, 0.2) is 0 Å². The molecular formula is C15H16N2O4. The number of anilines is 1. The lowest BCUT2D eigenvalue weighted by atomic mass is 10.1. The number of aliphatic carboxylic acids is 1. The van der Waals surface area contributed by atoms with Crippen LogP contribution in [0.5, 0.6) is 0 Å². The number of furan rings is 1. The third-order valence-corrected chi connectivity index (χ3v) is 2.76. The summed E-state index contributed by atoms with van der Waals surface area (Å²) in [4.78, 5) is 22.4. The maximum Gasteiger partial charge on any atom is 0.319 e. The van der Waals surface area contributed by atoms with Crippen LogP contribution in [-0.4, -0.2) is 17.1 Å². The smallest absolute Gasteiger partial charge is 0.319 e. The van der Waals surface area contributed by atoms with Gasteiger partial charge in [-0.15, -0.1) is 0 Å². The molecule has 6 nitrogen and oxygen atoms in total. The monoisotopic (exact) mass is 288 g/mol. The van der Waals surface area contributed by atoms with Gasteiger partial charge in [-0.1, -0.05) is 12.1 Å². The van der Waals surface area contributed by atoms with Crippen molar-refractivity contribution in [3.8, 4) is 0 Å². The highest BCUT2D eigenvalue weighted by molar-refractivity contribution is 5.89. The van der Waals surface area contributed by atoms with Crippen molar-refractivity contribution in [1.29, 1.82) is 0 Å². The predicted octanol–water partition coefficient (Wildman–Crippen LogP) is 2.54. The molecule has 2 amide bonds. The number of aryl methyl sites for hydroxylation is 1. The molecule has 0 saturated carbocycles.